The number of esters is 1. The molecule has 5 rings (SSSR count). The Morgan fingerprint density at radius 3 is 2.50 bits per heavy atom. The zero-order chi connectivity index (χ0) is 24.9. The highest BCUT2D eigenvalue weighted by Gasteiger charge is 2.25. The molecule has 0 atom stereocenters. The summed E-state index contributed by atoms with van der Waals surface area (Å²) < 4.78 is 18.4. The van der Waals surface area contributed by atoms with Crippen molar-refractivity contribution in [3.05, 3.63) is 111 Å². The van der Waals surface area contributed by atoms with Crippen molar-refractivity contribution in [2.45, 2.75) is 13.3 Å². The Hall–Kier alpha value is -3.65. The lowest BCUT2D eigenvalue weighted by Crippen LogP contribution is -2.06. The Bertz CT molecular complexity index is 1480. The third-order valence-corrected chi connectivity index (χ3v) is 6.53. The molecule has 0 unspecified atom stereocenters. The monoisotopic (exact) mass is 589 g/mol. The zero-order valence-corrected chi connectivity index (χ0v) is 21.9. The highest BCUT2D eigenvalue weighted by molar-refractivity contribution is 14.1. The van der Waals surface area contributed by atoms with E-state index in [1.54, 1.807) is 6.08 Å². The van der Waals surface area contributed by atoms with Crippen LogP contribution in [0.25, 0.3) is 16.8 Å². The molecule has 4 aromatic rings. The second-order valence-corrected chi connectivity index (χ2v) is 9.41. The van der Waals surface area contributed by atoms with Crippen LogP contribution in [0.1, 0.15) is 23.6 Å². The molecule has 5 nitrogen and oxygen atoms in total. The van der Waals surface area contributed by atoms with E-state index in [4.69, 9.17) is 14.2 Å². The van der Waals surface area contributed by atoms with Crippen LogP contribution in [0.5, 0.6) is 11.5 Å². The van der Waals surface area contributed by atoms with Crippen molar-refractivity contribution in [2.24, 2.45) is 4.99 Å². The molecule has 1 aliphatic heterocycles. The van der Waals surface area contributed by atoms with E-state index in [1.165, 1.54) is 5.56 Å². The van der Waals surface area contributed by atoms with Gasteiger partial charge in [0.05, 0.1) is 16.8 Å². The van der Waals surface area contributed by atoms with Gasteiger partial charge in [-0.05, 0) is 81.8 Å². The molecule has 6 heteroatoms. The number of benzene rings is 4. The molecule has 0 aromatic heterocycles. The van der Waals surface area contributed by atoms with E-state index in [9.17, 15) is 4.79 Å². The van der Waals surface area contributed by atoms with Crippen LogP contribution in [0.4, 0.5) is 0 Å². The van der Waals surface area contributed by atoms with E-state index in [-0.39, 0.29) is 5.70 Å². The second kappa shape index (κ2) is 11.0. The highest BCUT2D eigenvalue weighted by atomic mass is 127. The molecule has 180 valence electrons. The van der Waals surface area contributed by atoms with Gasteiger partial charge in [-0.25, -0.2) is 9.79 Å². The van der Waals surface area contributed by atoms with Crippen molar-refractivity contribution >= 4 is 51.3 Å². The number of carbonyl (C=O) groups is 1. The summed E-state index contributed by atoms with van der Waals surface area (Å²) >= 11 is 2.23. The van der Waals surface area contributed by atoms with Crippen molar-refractivity contribution in [1.82, 2.24) is 0 Å². The van der Waals surface area contributed by atoms with Crippen LogP contribution >= 0.6 is 22.6 Å². The predicted molar refractivity (Wildman–Crippen MR) is 151 cm³/mol. The number of nitrogens with zero attached hydrogens (tertiary/aromatic N) is 1. The molecule has 0 radical (unpaired) electrons. The van der Waals surface area contributed by atoms with Crippen molar-refractivity contribution in [1.29, 1.82) is 0 Å². The molecule has 4 aromatic carbocycles. The summed E-state index contributed by atoms with van der Waals surface area (Å²) in [5.74, 6) is 1.16. The molecule has 1 heterocycles. The van der Waals surface area contributed by atoms with Gasteiger partial charge in [0.15, 0.2) is 17.2 Å². The third-order valence-electron chi connectivity index (χ3n) is 5.73. The average molecular weight is 589 g/mol. The average Bonchev–Trinajstić information content (AvgIpc) is 3.26. The smallest absolute Gasteiger partial charge is 0.363 e. The van der Waals surface area contributed by atoms with Crippen LogP contribution < -0.4 is 9.47 Å². The third kappa shape index (κ3) is 5.44. The molecule has 0 bridgehead atoms. The van der Waals surface area contributed by atoms with Crippen molar-refractivity contribution in [2.75, 3.05) is 13.2 Å². The summed E-state index contributed by atoms with van der Waals surface area (Å²) in [7, 11) is 0. The van der Waals surface area contributed by atoms with Gasteiger partial charge in [0.25, 0.3) is 0 Å². The van der Waals surface area contributed by atoms with E-state index in [0.29, 0.717) is 30.6 Å². The molecular weight excluding hydrogens is 565 g/mol. The number of hydrogen-bond acceptors (Lipinski definition) is 5. The first-order chi connectivity index (χ1) is 17.6. The van der Waals surface area contributed by atoms with Gasteiger partial charge >= 0.3 is 5.97 Å². The maximum atomic E-state index is 12.6. The van der Waals surface area contributed by atoms with Gasteiger partial charge in [-0.3, -0.25) is 0 Å². The number of cyclic esters (lactones) is 1. The molecule has 0 N–H and O–H groups in total. The Morgan fingerprint density at radius 1 is 0.917 bits per heavy atom. The van der Waals surface area contributed by atoms with Crippen molar-refractivity contribution in [3.63, 3.8) is 0 Å². The summed E-state index contributed by atoms with van der Waals surface area (Å²) in [6, 6.07) is 28.0. The minimum absolute atomic E-state index is 0.245. The number of ether oxygens (including phenoxy) is 3. The summed E-state index contributed by atoms with van der Waals surface area (Å²) in [5.41, 5.74) is 3.01. The lowest BCUT2D eigenvalue weighted by atomic mass is 10.1. The van der Waals surface area contributed by atoms with Gasteiger partial charge in [0.2, 0.25) is 5.90 Å². The quantitative estimate of drug-likeness (QED) is 0.129. The van der Waals surface area contributed by atoms with Gasteiger partial charge in [-0.15, -0.1) is 0 Å². The zero-order valence-electron chi connectivity index (χ0n) is 19.7. The lowest BCUT2D eigenvalue weighted by Gasteiger charge is -2.15. The SMILES string of the molecule is CCOc1cc(/C=C2\N=C(c3ccc4ccccc4c3)OC2=O)cc(I)c1OCCc1ccccc1. The summed E-state index contributed by atoms with van der Waals surface area (Å²) in [6.45, 7) is 2.96. The molecule has 0 saturated heterocycles. The highest BCUT2D eigenvalue weighted by Crippen LogP contribution is 2.35. The van der Waals surface area contributed by atoms with E-state index >= 15 is 0 Å². The van der Waals surface area contributed by atoms with E-state index in [1.807, 2.05) is 79.7 Å². The summed E-state index contributed by atoms with van der Waals surface area (Å²) in [4.78, 5) is 17.1. The molecule has 0 amide bonds. The molecule has 0 saturated carbocycles. The first-order valence-electron chi connectivity index (χ1n) is 11.8. The Morgan fingerprint density at radius 2 is 1.69 bits per heavy atom. The van der Waals surface area contributed by atoms with Crippen LogP contribution in [-0.2, 0) is 16.0 Å². The van der Waals surface area contributed by atoms with Crippen LogP contribution in [0.15, 0.2) is 95.6 Å². The van der Waals surface area contributed by atoms with E-state index < -0.39 is 5.97 Å². The predicted octanol–water partition coefficient (Wildman–Crippen LogP) is 6.81. The van der Waals surface area contributed by atoms with Crippen LogP contribution in [0.2, 0.25) is 0 Å². The Balaban J connectivity index is 1.39. The fourth-order valence-corrected chi connectivity index (χ4v) is 4.78. The number of hydrogen-bond donors (Lipinski definition) is 0. The maximum Gasteiger partial charge on any atom is 0.363 e. The number of halogens is 1. The normalized spacial score (nSPS) is 14.1. The first kappa shape index (κ1) is 24.1. The Labute approximate surface area is 223 Å². The fourth-order valence-electron chi connectivity index (χ4n) is 4.00. The summed E-state index contributed by atoms with van der Waals surface area (Å²) in [6.07, 6.45) is 2.52. The number of carbonyl (C=O) groups excluding carboxylic acids is 1. The topological polar surface area (TPSA) is 57.1 Å². The van der Waals surface area contributed by atoms with E-state index in [2.05, 4.69) is 39.7 Å². The fraction of sp³-hybridized carbons (Fsp3) is 0.133. The van der Waals surface area contributed by atoms with Gasteiger partial charge in [-0.2, -0.15) is 0 Å². The van der Waals surface area contributed by atoms with Crippen molar-refractivity contribution < 1.29 is 19.0 Å². The van der Waals surface area contributed by atoms with Crippen molar-refractivity contribution in [3.8, 4) is 11.5 Å². The summed E-state index contributed by atoms with van der Waals surface area (Å²) in [5, 5.41) is 2.18. The standard InChI is InChI=1S/C30H24INO4/c1-2-34-27-18-21(16-25(31)28(27)35-15-14-20-8-4-3-5-9-20)17-26-30(33)36-29(32-26)24-13-12-22-10-6-7-11-23(22)19-24/h3-13,16-19H,2,14-15H2,1H3/b26-17-. The number of rotatable bonds is 8. The van der Waals surface area contributed by atoms with Gasteiger partial charge in [0, 0.05) is 12.0 Å². The largest absolute Gasteiger partial charge is 0.490 e. The van der Waals surface area contributed by atoms with E-state index in [0.717, 1.165) is 31.9 Å². The first-order valence-corrected chi connectivity index (χ1v) is 12.8. The minimum Gasteiger partial charge on any atom is -0.490 e. The Kier molecular flexibility index (Phi) is 7.32. The molecule has 0 spiro atoms. The number of aliphatic imine (C=N–C) groups is 1. The van der Waals surface area contributed by atoms with Gasteiger partial charge < -0.3 is 14.2 Å². The second-order valence-electron chi connectivity index (χ2n) is 8.25. The minimum atomic E-state index is -0.477. The van der Waals surface area contributed by atoms with Crippen LogP contribution in [0, 0.1) is 3.57 Å². The van der Waals surface area contributed by atoms with Crippen LogP contribution in [0.3, 0.4) is 0 Å². The molecule has 1 aliphatic rings. The molecular formula is C30H24INO4. The van der Waals surface area contributed by atoms with Gasteiger partial charge in [-0.1, -0.05) is 60.7 Å². The maximum absolute atomic E-state index is 12.6. The molecule has 0 fully saturated rings. The van der Waals surface area contributed by atoms with Gasteiger partial charge in [0.1, 0.15) is 0 Å². The van der Waals surface area contributed by atoms with Crippen LogP contribution in [-0.4, -0.2) is 25.1 Å². The number of fused-ring (bicyclic) bond motifs is 1. The molecule has 36 heavy (non-hydrogen) atoms. The molecule has 0 aliphatic carbocycles. The lowest BCUT2D eigenvalue weighted by molar-refractivity contribution is -0.129.